The van der Waals surface area contributed by atoms with Crippen LogP contribution < -0.4 is 4.74 Å². The van der Waals surface area contributed by atoms with Crippen LogP contribution >= 0.6 is 0 Å². The molecular formula is C16H19N3O2. The molecule has 0 radical (unpaired) electrons. The lowest BCUT2D eigenvalue weighted by atomic mass is 10.2. The van der Waals surface area contributed by atoms with Crippen LogP contribution in [-0.4, -0.2) is 20.9 Å². The number of nitrogens with zero attached hydrogens (tertiary/aromatic N) is 3. The van der Waals surface area contributed by atoms with Crippen LogP contribution in [0, 0.1) is 0 Å². The normalized spacial score (nSPS) is 11.4. The number of hydrogen-bond acceptors (Lipinski definition) is 4. The summed E-state index contributed by atoms with van der Waals surface area (Å²) in [5.74, 6) is 2.20. The highest BCUT2D eigenvalue weighted by Crippen LogP contribution is 2.23. The minimum Gasteiger partial charge on any atom is -0.491 e. The second kappa shape index (κ2) is 5.60. The van der Waals surface area contributed by atoms with Crippen LogP contribution in [0.1, 0.15) is 32.6 Å². The number of aryl methyl sites for hydroxylation is 1. The van der Waals surface area contributed by atoms with Crippen LogP contribution in [0.15, 0.2) is 34.9 Å². The van der Waals surface area contributed by atoms with Crippen molar-refractivity contribution in [2.75, 3.05) is 0 Å². The number of ether oxygens (including phenoxy) is 1. The van der Waals surface area contributed by atoms with Gasteiger partial charge in [-0.1, -0.05) is 6.92 Å². The first-order chi connectivity index (χ1) is 10.2. The van der Waals surface area contributed by atoms with Gasteiger partial charge in [0.25, 0.3) is 0 Å². The van der Waals surface area contributed by atoms with Gasteiger partial charge in [0.05, 0.1) is 6.10 Å². The van der Waals surface area contributed by atoms with Crippen LogP contribution in [0.2, 0.25) is 0 Å². The molecule has 0 N–H and O–H groups in total. The van der Waals surface area contributed by atoms with Crippen LogP contribution in [0.4, 0.5) is 0 Å². The van der Waals surface area contributed by atoms with Crippen molar-refractivity contribution >= 4 is 10.9 Å². The molecule has 0 saturated heterocycles. The van der Waals surface area contributed by atoms with E-state index >= 15 is 0 Å². The van der Waals surface area contributed by atoms with E-state index in [1.54, 1.807) is 0 Å². The summed E-state index contributed by atoms with van der Waals surface area (Å²) in [6, 6.07) is 8.17. The highest BCUT2D eigenvalue weighted by atomic mass is 16.5. The van der Waals surface area contributed by atoms with Crippen molar-refractivity contribution in [3.63, 3.8) is 0 Å². The summed E-state index contributed by atoms with van der Waals surface area (Å²) in [6.45, 7) is 6.63. The summed E-state index contributed by atoms with van der Waals surface area (Å²) < 4.78 is 13.4. The van der Waals surface area contributed by atoms with Crippen molar-refractivity contribution in [2.45, 2.75) is 39.8 Å². The fraction of sp³-hybridized carbons (Fsp3) is 0.375. The second-order valence-corrected chi connectivity index (χ2v) is 5.27. The fourth-order valence-corrected chi connectivity index (χ4v) is 2.30. The van der Waals surface area contributed by atoms with Crippen molar-refractivity contribution < 1.29 is 9.15 Å². The molecule has 5 heteroatoms. The molecule has 0 fully saturated rings. The Morgan fingerprint density at radius 1 is 1.19 bits per heavy atom. The van der Waals surface area contributed by atoms with Gasteiger partial charge >= 0.3 is 0 Å². The molecule has 5 nitrogen and oxygen atoms in total. The molecule has 3 rings (SSSR count). The predicted octanol–water partition coefficient (Wildman–Crippen LogP) is 3.42. The predicted molar refractivity (Wildman–Crippen MR) is 80.5 cm³/mol. The second-order valence-electron chi connectivity index (χ2n) is 5.27. The summed E-state index contributed by atoms with van der Waals surface area (Å²) in [5, 5.41) is 9.20. The standard InChI is InChI=1S/C16H19N3O2/c1-4-15-17-18-16(21-15)10-19-8-7-12-9-13(20-11(2)3)5-6-14(12)19/h5-9,11H,4,10H2,1-3H3. The Hall–Kier alpha value is -2.30. The van der Waals surface area contributed by atoms with Gasteiger partial charge in [-0.2, -0.15) is 0 Å². The molecule has 0 aliphatic carbocycles. The monoisotopic (exact) mass is 285 g/mol. The molecule has 0 aliphatic rings. The highest BCUT2D eigenvalue weighted by molar-refractivity contribution is 5.81. The highest BCUT2D eigenvalue weighted by Gasteiger charge is 2.08. The molecule has 2 aromatic heterocycles. The Kier molecular flexibility index (Phi) is 3.64. The van der Waals surface area contributed by atoms with E-state index in [2.05, 4.69) is 33.0 Å². The number of rotatable bonds is 5. The zero-order valence-electron chi connectivity index (χ0n) is 12.5. The molecular weight excluding hydrogens is 266 g/mol. The minimum absolute atomic E-state index is 0.176. The van der Waals surface area contributed by atoms with Crippen molar-refractivity contribution in [2.24, 2.45) is 0 Å². The first-order valence-electron chi connectivity index (χ1n) is 7.22. The van der Waals surface area contributed by atoms with E-state index in [0.29, 0.717) is 18.3 Å². The van der Waals surface area contributed by atoms with E-state index in [-0.39, 0.29) is 6.10 Å². The summed E-state index contributed by atoms with van der Waals surface area (Å²) in [6.07, 6.45) is 2.96. The van der Waals surface area contributed by atoms with Crippen molar-refractivity contribution in [3.8, 4) is 5.75 Å². The van der Waals surface area contributed by atoms with E-state index in [9.17, 15) is 0 Å². The maximum Gasteiger partial charge on any atom is 0.236 e. The molecule has 3 aromatic rings. The van der Waals surface area contributed by atoms with Gasteiger partial charge in [-0.25, -0.2) is 0 Å². The van der Waals surface area contributed by atoms with E-state index in [1.807, 2.05) is 33.0 Å². The summed E-state index contributed by atoms with van der Waals surface area (Å²) in [5.41, 5.74) is 1.13. The lowest BCUT2D eigenvalue weighted by Gasteiger charge is -2.09. The quantitative estimate of drug-likeness (QED) is 0.720. The van der Waals surface area contributed by atoms with Crippen molar-refractivity contribution in [1.29, 1.82) is 0 Å². The Labute approximate surface area is 123 Å². The van der Waals surface area contributed by atoms with E-state index in [0.717, 1.165) is 23.1 Å². The summed E-state index contributed by atoms with van der Waals surface area (Å²) in [4.78, 5) is 0. The van der Waals surface area contributed by atoms with Gasteiger partial charge in [0.1, 0.15) is 12.3 Å². The van der Waals surface area contributed by atoms with Crippen LogP contribution in [0.25, 0.3) is 10.9 Å². The molecule has 21 heavy (non-hydrogen) atoms. The third kappa shape index (κ3) is 2.91. The molecule has 1 aromatic carbocycles. The molecule has 0 amide bonds. The molecule has 0 unspecified atom stereocenters. The first kappa shape index (κ1) is 13.7. The lowest BCUT2D eigenvalue weighted by molar-refractivity contribution is 0.243. The van der Waals surface area contributed by atoms with Gasteiger partial charge in [-0.15, -0.1) is 10.2 Å². The smallest absolute Gasteiger partial charge is 0.236 e. The molecule has 0 aliphatic heterocycles. The van der Waals surface area contributed by atoms with E-state index in [1.165, 1.54) is 0 Å². The Morgan fingerprint density at radius 2 is 2.00 bits per heavy atom. The SMILES string of the molecule is CCc1nnc(Cn2ccc3cc(OC(C)C)ccc32)o1. The van der Waals surface area contributed by atoms with Crippen LogP contribution in [0.3, 0.4) is 0 Å². The third-order valence-corrected chi connectivity index (χ3v) is 3.23. The maximum atomic E-state index is 5.72. The van der Waals surface area contributed by atoms with E-state index < -0.39 is 0 Å². The summed E-state index contributed by atoms with van der Waals surface area (Å²) in [7, 11) is 0. The zero-order valence-corrected chi connectivity index (χ0v) is 12.5. The van der Waals surface area contributed by atoms with Gasteiger partial charge in [0.2, 0.25) is 11.8 Å². The molecule has 0 saturated carbocycles. The minimum atomic E-state index is 0.176. The molecule has 0 bridgehead atoms. The number of hydrogen-bond donors (Lipinski definition) is 0. The number of fused-ring (bicyclic) bond motifs is 1. The third-order valence-electron chi connectivity index (χ3n) is 3.23. The number of benzene rings is 1. The Morgan fingerprint density at radius 3 is 2.71 bits per heavy atom. The van der Waals surface area contributed by atoms with Gasteiger partial charge in [0, 0.05) is 23.5 Å². The Bertz CT molecular complexity index is 743. The maximum absolute atomic E-state index is 5.72. The first-order valence-corrected chi connectivity index (χ1v) is 7.22. The average molecular weight is 285 g/mol. The van der Waals surface area contributed by atoms with Gasteiger partial charge in [0.15, 0.2) is 0 Å². The van der Waals surface area contributed by atoms with Gasteiger partial charge in [-0.3, -0.25) is 0 Å². The van der Waals surface area contributed by atoms with E-state index in [4.69, 9.17) is 9.15 Å². The topological polar surface area (TPSA) is 53.1 Å². The summed E-state index contributed by atoms with van der Waals surface area (Å²) >= 11 is 0. The van der Waals surface area contributed by atoms with Crippen LogP contribution in [0.5, 0.6) is 5.75 Å². The zero-order chi connectivity index (χ0) is 14.8. The van der Waals surface area contributed by atoms with Crippen molar-refractivity contribution in [1.82, 2.24) is 14.8 Å². The van der Waals surface area contributed by atoms with Crippen molar-refractivity contribution in [3.05, 3.63) is 42.2 Å². The largest absolute Gasteiger partial charge is 0.491 e. The lowest BCUT2D eigenvalue weighted by Crippen LogP contribution is -2.05. The van der Waals surface area contributed by atoms with Gasteiger partial charge in [-0.05, 0) is 38.1 Å². The molecule has 0 spiro atoms. The number of aromatic nitrogens is 3. The molecule has 110 valence electrons. The van der Waals surface area contributed by atoms with Gasteiger partial charge < -0.3 is 13.7 Å². The van der Waals surface area contributed by atoms with Crippen LogP contribution in [-0.2, 0) is 13.0 Å². The average Bonchev–Trinajstić information content (AvgIpc) is 3.06. The fourth-order valence-electron chi connectivity index (χ4n) is 2.30. The molecule has 0 atom stereocenters. The molecule has 2 heterocycles. The Balaban J connectivity index is 1.86.